The van der Waals surface area contributed by atoms with Crippen molar-refractivity contribution in [3.63, 3.8) is 0 Å². The maximum atomic E-state index is 13.5. The molecular formula is C24H29N3O2. The van der Waals surface area contributed by atoms with Gasteiger partial charge in [-0.2, -0.15) is 0 Å². The third-order valence-electron chi connectivity index (χ3n) is 6.75. The summed E-state index contributed by atoms with van der Waals surface area (Å²) in [6, 6.07) is 12.8. The first-order valence-electron chi connectivity index (χ1n) is 10.9. The zero-order chi connectivity index (χ0) is 20.0. The number of aromatic nitrogens is 1. The Balaban J connectivity index is 1.42. The molecule has 1 unspecified atom stereocenters. The predicted molar refractivity (Wildman–Crippen MR) is 111 cm³/mol. The number of rotatable bonds is 5. The van der Waals surface area contributed by atoms with E-state index in [-0.39, 0.29) is 36.4 Å². The van der Waals surface area contributed by atoms with Crippen LogP contribution in [0.3, 0.4) is 0 Å². The highest BCUT2D eigenvalue weighted by Gasteiger charge is 2.40. The summed E-state index contributed by atoms with van der Waals surface area (Å²) in [5, 5.41) is 0. The van der Waals surface area contributed by atoms with Crippen molar-refractivity contribution in [3.05, 3.63) is 59.4 Å². The van der Waals surface area contributed by atoms with E-state index in [1.807, 2.05) is 9.80 Å². The molecule has 2 amide bonds. The number of carbonyl (C=O) groups is 2. The number of amides is 2. The maximum Gasteiger partial charge on any atom is 0.243 e. The Bertz CT molecular complexity index is 926. The van der Waals surface area contributed by atoms with Gasteiger partial charge in [-0.25, -0.2) is 0 Å². The number of aryl methyl sites for hydroxylation is 1. The van der Waals surface area contributed by atoms with Gasteiger partial charge in [-0.1, -0.05) is 36.2 Å². The first kappa shape index (κ1) is 18.5. The van der Waals surface area contributed by atoms with Crippen molar-refractivity contribution in [2.45, 2.75) is 57.7 Å². The molecule has 3 aliphatic rings. The summed E-state index contributed by atoms with van der Waals surface area (Å²) < 4.78 is 2.24. The molecule has 0 spiro atoms. The lowest BCUT2D eigenvalue weighted by molar-refractivity contribution is -0.146. The summed E-state index contributed by atoms with van der Waals surface area (Å²) in [6.45, 7) is 3.79. The van der Waals surface area contributed by atoms with Crippen LogP contribution in [0.2, 0.25) is 0 Å². The fourth-order valence-corrected chi connectivity index (χ4v) is 4.74. The highest BCUT2D eigenvalue weighted by molar-refractivity contribution is 5.87. The van der Waals surface area contributed by atoms with Crippen LogP contribution >= 0.6 is 0 Å². The Morgan fingerprint density at radius 3 is 2.59 bits per heavy atom. The van der Waals surface area contributed by atoms with Crippen molar-refractivity contribution in [1.82, 2.24) is 14.4 Å². The molecule has 5 rings (SSSR count). The Labute approximate surface area is 172 Å². The third-order valence-corrected chi connectivity index (χ3v) is 6.75. The molecule has 5 heteroatoms. The van der Waals surface area contributed by atoms with Crippen LogP contribution in [0.15, 0.2) is 42.6 Å². The van der Waals surface area contributed by atoms with Crippen LogP contribution < -0.4 is 0 Å². The number of nitrogens with zero attached hydrogens (tertiary/aromatic N) is 3. The molecule has 1 aromatic carbocycles. The van der Waals surface area contributed by atoms with E-state index in [9.17, 15) is 9.59 Å². The molecule has 152 valence electrons. The average Bonchev–Trinajstić information content (AvgIpc) is 3.39. The lowest BCUT2D eigenvalue weighted by Crippen LogP contribution is -2.50. The molecule has 1 aromatic heterocycles. The summed E-state index contributed by atoms with van der Waals surface area (Å²) in [5.74, 6) is 0.428. The second-order valence-corrected chi connectivity index (χ2v) is 8.86. The number of carbonyl (C=O) groups excluding carboxylic acids is 2. The molecule has 2 aromatic rings. The van der Waals surface area contributed by atoms with Gasteiger partial charge in [0, 0.05) is 36.9 Å². The van der Waals surface area contributed by atoms with Gasteiger partial charge in [-0.3, -0.25) is 9.59 Å². The maximum absolute atomic E-state index is 13.5. The molecule has 2 aliphatic carbocycles. The fourth-order valence-electron chi connectivity index (χ4n) is 4.74. The van der Waals surface area contributed by atoms with Gasteiger partial charge >= 0.3 is 0 Å². The number of hydrogen-bond donors (Lipinski definition) is 0. The van der Waals surface area contributed by atoms with Crippen LogP contribution in [0.4, 0.5) is 0 Å². The lowest BCUT2D eigenvalue weighted by atomic mass is 9.84. The SMILES string of the molecule is Cc1cccc(C2c3cccn3CCN2C(=O)CN(C(=O)C2CCC2)C2CC2)c1. The zero-order valence-corrected chi connectivity index (χ0v) is 17.1. The van der Waals surface area contributed by atoms with Gasteiger partial charge in [-0.05, 0) is 50.3 Å². The summed E-state index contributed by atoms with van der Waals surface area (Å²) in [4.78, 5) is 30.3. The summed E-state index contributed by atoms with van der Waals surface area (Å²) in [5.41, 5.74) is 3.48. The zero-order valence-electron chi connectivity index (χ0n) is 17.1. The normalized spacial score (nSPS) is 21.4. The highest BCUT2D eigenvalue weighted by Crippen LogP contribution is 2.36. The number of fused-ring (bicyclic) bond motifs is 1. The molecule has 0 radical (unpaired) electrons. The molecular weight excluding hydrogens is 362 g/mol. The Kier molecular flexibility index (Phi) is 4.69. The van der Waals surface area contributed by atoms with Crippen molar-refractivity contribution >= 4 is 11.8 Å². The minimum Gasteiger partial charge on any atom is -0.348 e. The molecule has 1 aliphatic heterocycles. The van der Waals surface area contributed by atoms with Crippen LogP contribution in [0, 0.1) is 12.8 Å². The van der Waals surface area contributed by atoms with Gasteiger partial charge in [0.1, 0.15) is 6.54 Å². The summed E-state index contributed by atoms with van der Waals surface area (Å²) >= 11 is 0. The van der Waals surface area contributed by atoms with E-state index in [2.05, 4.69) is 54.1 Å². The van der Waals surface area contributed by atoms with Gasteiger partial charge in [0.15, 0.2) is 0 Å². The van der Waals surface area contributed by atoms with E-state index in [1.54, 1.807) is 0 Å². The first-order valence-corrected chi connectivity index (χ1v) is 10.9. The minimum atomic E-state index is -0.0917. The molecule has 29 heavy (non-hydrogen) atoms. The van der Waals surface area contributed by atoms with E-state index in [1.165, 1.54) is 5.56 Å². The van der Waals surface area contributed by atoms with Crippen molar-refractivity contribution in [2.24, 2.45) is 5.92 Å². The molecule has 5 nitrogen and oxygen atoms in total. The quantitative estimate of drug-likeness (QED) is 0.783. The minimum absolute atomic E-state index is 0.0727. The van der Waals surface area contributed by atoms with Gasteiger partial charge < -0.3 is 14.4 Å². The molecule has 0 saturated heterocycles. The Morgan fingerprint density at radius 2 is 1.90 bits per heavy atom. The van der Waals surface area contributed by atoms with Crippen LogP contribution in [0.25, 0.3) is 0 Å². The van der Waals surface area contributed by atoms with Crippen molar-refractivity contribution in [3.8, 4) is 0 Å². The van der Waals surface area contributed by atoms with Crippen LogP contribution in [-0.2, 0) is 16.1 Å². The number of hydrogen-bond acceptors (Lipinski definition) is 2. The van der Waals surface area contributed by atoms with Crippen molar-refractivity contribution in [2.75, 3.05) is 13.1 Å². The molecule has 0 N–H and O–H groups in total. The predicted octanol–water partition coefficient (Wildman–Crippen LogP) is 3.52. The standard InChI is InChI=1S/C24H29N3O2/c1-17-5-2-8-19(15-17)23-21-9-4-12-25(21)13-14-26(23)22(28)16-27(20-10-11-20)24(29)18-6-3-7-18/h2,4-5,8-9,12,15,18,20,23H,3,6-7,10-11,13-14,16H2,1H3. The largest absolute Gasteiger partial charge is 0.348 e. The van der Waals surface area contributed by atoms with Crippen LogP contribution in [0.1, 0.15) is 55.0 Å². The van der Waals surface area contributed by atoms with E-state index in [0.29, 0.717) is 6.54 Å². The topological polar surface area (TPSA) is 45.6 Å². The second kappa shape index (κ2) is 7.36. The van der Waals surface area contributed by atoms with E-state index >= 15 is 0 Å². The average molecular weight is 392 g/mol. The third kappa shape index (κ3) is 3.47. The van der Waals surface area contributed by atoms with Gasteiger partial charge in [0.2, 0.25) is 11.8 Å². The molecule has 2 heterocycles. The highest BCUT2D eigenvalue weighted by atomic mass is 16.2. The summed E-state index contributed by atoms with van der Waals surface area (Å²) in [7, 11) is 0. The molecule has 2 fully saturated rings. The molecule has 1 atom stereocenters. The van der Waals surface area contributed by atoms with Gasteiger partial charge in [0.05, 0.1) is 6.04 Å². The summed E-state index contributed by atoms with van der Waals surface area (Å²) in [6.07, 6.45) is 7.28. The smallest absolute Gasteiger partial charge is 0.243 e. The van der Waals surface area contributed by atoms with E-state index < -0.39 is 0 Å². The van der Waals surface area contributed by atoms with E-state index in [4.69, 9.17) is 0 Å². The Hall–Kier alpha value is -2.56. The van der Waals surface area contributed by atoms with Gasteiger partial charge in [-0.15, -0.1) is 0 Å². The van der Waals surface area contributed by atoms with Gasteiger partial charge in [0.25, 0.3) is 0 Å². The van der Waals surface area contributed by atoms with Crippen molar-refractivity contribution in [1.29, 1.82) is 0 Å². The number of benzene rings is 1. The Morgan fingerprint density at radius 1 is 1.07 bits per heavy atom. The fraction of sp³-hybridized carbons (Fsp3) is 0.500. The van der Waals surface area contributed by atoms with E-state index in [0.717, 1.165) is 49.9 Å². The monoisotopic (exact) mass is 391 g/mol. The lowest BCUT2D eigenvalue weighted by Gasteiger charge is -2.39. The first-order chi connectivity index (χ1) is 14.1. The second-order valence-electron chi connectivity index (χ2n) is 8.86. The van der Waals surface area contributed by atoms with Crippen molar-refractivity contribution < 1.29 is 9.59 Å². The van der Waals surface area contributed by atoms with Crippen LogP contribution in [-0.4, -0.2) is 45.3 Å². The molecule has 0 bridgehead atoms. The van der Waals surface area contributed by atoms with Crippen LogP contribution in [0.5, 0.6) is 0 Å². The molecule has 2 saturated carbocycles.